The smallest absolute Gasteiger partial charge is 0.286 e. The van der Waals surface area contributed by atoms with E-state index in [2.05, 4.69) is 40.0 Å². The lowest BCUT2D eigenvalue weighted by Gasteiger charge is -2.17. The molecule has 1 aromatic carbocycles. The summed E-state index contributed by atoms with van der Waals surface area (Å²) >= 11 is 3.38. The summed E-state index contributed by atoms with van der Waals surface area (Å²) in [6.07, 6.45) is 0.924. The fourth-order valence-electron chi connectivity index (χ4n) is 2.39. The van der Waals surface area contributed by atoms with Crippen molar-refractivity contribution in [2.75, 3.05) is 26.2 Å². The van der Waals surface area contributed by atoms with Gasteiger partial charge in [-0.05, 0) is 62.5 Å². The highest BCUT2D eigenvalue weighted by molar-refractivity contribution is 9.10. The number of amides is 1. The van der Waals surface area contributed by atoms with Gasteiger partial charge in [0.15, 0.2) is 5.76 Å². The second-order valence-corrected chi connectivity index (χ2v) is 6.56. The Balaban J connectivity index is 1.74. The molecule has 1 heterocycles. The molecule has 0 saturated heterocycles. The van der Waals surface area contributed by atoms with Crippen LogP contribution in [0.1, 0.15) is 36.6 Å². The number of nitrogens with zero attached hydrogens (tertiary/aromatic N) is 1. The molecule has 0 aliphatic carbocycles. The molecule has 6 heteroatoms. The van der Waals surface area contributed by atoms with E-state index in [1.54, 1.807) is 12.1 Å². The number of hydrogen-bond donors (Lipinski definition) is 1. The van der Waals surface area contributed by atoms with E-state index in [1.165, 1.54) is 0 Å². The molecule has 25 heavy (non-hydrogen) atoms. The van der Waals surface area contributed by atoms with E-state index >= 15 is 0 Å². The Labute approximate surface area is 157 Å². The molecule has 0 fully saturated rings. The number of rotatable bonds is 10. The molecule has 2 rings (SSSR count). The van der Waals surface area contributed by atoms with Crippen molar-refractivity contribution in [1.29, 1.82) is 0 Å². The predicted molar refractivity (Wildman–Crippen MR) is 102 cm³/mol. The molecule has 0 atom stereocenters. The molecule has 136 valence electrons. The van der Waals surface area contributed by atoms with Crippen molar-refractivity contribution in [3.8, 4) is 5.75 Å². The normalized spacial score (nSPS) is 10.9. The number of benzene rings is 1. The molecule has 2 aromatic rings. The highest BCUT2D eigenvalue weighted by Gasteiger charge is 2.11. The predicted octanol–water partition coefficient (Wildman–Crippen LogP) is 4.08. The molecule has 0 aliphatic rings. The average molecular weight is 409 g/mol. The Morgan fingerprint density at radius 1 is 1.16 bits per heavy atom. The van der Waals surface area contributed by atoms with E-state index < -0.39 is 0 Å². The molecule has 0 radical (unpaired) electrons. The maximum atomic E-state index is 12.1. The zero-order valence-electron chi connectivity index (χ0n) is 14.8. The van der Waals surface area contributed by atoms with Crippen LogP contribution in [0.2, 0.25) is 0 Å². The van der Waals surface area contributed by atoms with E-state index in [1.807, 2.05) is 24.3 Å². The molecule has 1 N–H and O–H groups in total. The molecule has 0 spiro atoms. The van der Waals surface area contributed by atoms with Gasteiger partial charge in [0.1, 0.15) is 18.1 Å². The highest BCUT2D eigenvalue weighted by atomic mass is 79.9. The second-order valence-electron chi connectivity index (χ2n) is 5.64. The molecule has 5 nitrogen and oxygen atoms in total. The van der Waals surface area contributed by atoms with E-state index in [-0.39, 0.29) is 12.5 Å². The second kappa shape index (κ2) is 10.3. The lowest BCUT2D eigenvalue weighted by atomic mass is 10.3. The van der Waals surface area contributed by atoms with Gasteiger partial charge < -0.3 is 19.4 Å². The first-order chi connectivity index (χ1) is 12.1. The van der Waals surface area contributed by atoms with Crippen LogP contribution in [-0.4, -0.2) is 37.0 Å². The Kier molecular flexibility index (Phi) is 8.01. The average Bonchev–Trinajstić information content (AvgIpc) is 3.10. The number of nitrogens with one attached hydrogen (secondary N) is 1. The van der Waals surface area contributed by atoms with Crippen LogP contribution < -0.4 is 10.1 Å². The quantitative estimate of drug-likeness (QED) is 0.601. The van der Waals surface area contributed by atoms with Crippen molar-refractivity contribution in [2.45, 2.75) is 26.9 Å². The van der Waals surface area contributed by atoms with Crippen LogP contribution in [0.5, 0.6) is 5.75 Å². The maximum absolute atomic E-state index is 12.1. The first kappa shape index (κ1) is 19.5. The van der Waals surface area contributed by atoms with Gasteiger partial charge in [-0.15, -0.1) is 0 Å². The third kappa shape index (κ3) is 6.55. The van der Waals surface area contributed by atoms with Gasteiger partial charge in [0.25, 0.3) is 5.91 Å². The summed E-state index contributed by atoms with van der Waals surface area (Å²) in [7, 11) is 0. The minimum Gasteiger partial charge on any atom is -0.486 e. The van der Waals surface area contributed by atoms with Gasteiger partial charge in [-0.1, -0.05) is 29.8 Å². The van der Waals surface area contributed by atoms with Gasteiger partial charge in [0.05, 0.1) is 0 Å². The van der Waals surface area contributed by atoms with Crippen molar-refractivity contribution >= 4 is 21.8 Å². The zero-order valence-corrected chi connectivity index (χ0v) is 16.3. The van der Waals surface area contributed by atoms with Gasteiger partial charge in [-0.25, -0.2) is 0 Å². The van der Waals surface area contributed by atoms with Gasteiger partial charge in [0.2, 0.25) is 0 Å². The number of halogens is 1. The van der Waals surface area contributed by atoms with E-state index in [0.29, 0.717) is 18.1 Å². The van der Waals surface area contributed by atoms with E-state index in [4.69, 9.17) is 9.15 Å². The van der Waals surface area contributed by atoms with E-state index in [9.17, 15) is 4.79 Å². The third-order valence-electron chi connectivity index (χ3n) is 3.91. The lowest BCUT2D eigenvalue weighted by molar-refractivity contribution is 0.0920. The van der Waals surface area contributed by atoms with Crippen LogP contribution in [0.15, 0.2) is 45.3 Å². The minimum absolute atomic E-state index is 0.186. The Morgan fingerprint density at radius 3 is 2.56 bits per heavy atom. The fourth-order valence-corrected chi connectivity index (χ4v) is 2.66. The van der Waals surface area contributed by atoms with Gasteiger partial charge in [-0.2, -0.15) is 0 Å². The molecule has 1 amide bonds. The third-order valence-corrected chi connectivity index (χ3v) is 4.44. The standard InChI is InChI=1S/C19H25BrN2O3/c1-3-22(4-2)13-5-12-21-19(23)18-11-10-17(25-18)14-24-16-8-6-15(20)7-9-16/h6-11H,3-5,12-14H2,1-2H3,(H,21,23). The van der Waals surface area contributed by atoms with Gasteiger partial charge >= 0.3 is 0 Å². The van der Waals surface area contributed by atoms with Crippen molar-refractivity contribution in [3.63, 3.8) is 0 Å². The van der Waals surface area contributed by atoms with Crippen molar-refractivity contribution in [1.82, 2.24) is 10.2 Å². The monoisotopic (exact) mass is 408 g/mol. The Morgan fingerprint density at radius 2 is 1.88 bits per heavy atom. The summed E-state index contributed by atoms with van der Waals surface area (Å²) in [5, 5.41) is 2.89. The number of furan rings is 1. The van der Waals surface area contributed by atoms with Gasteiger partial charge in [-0.3, -0.25) is 4.79 Å². The first-order valence-electron chi connectivity index (χ1n) is 8.60. The molecule has 0 aliphatic heterocycles. The van der Waals surface area contributed by atoms with Crippen molar-refractivity contribution in [2.24, 2.45) is 0 Å². The molecule has 0 saturated carbocycles. The number of carbonyl (C=O) groups excluding carboxylic acids is 1. The van der Waals surface area contributed by atoms with Crippen molar-refractivity contribution in [3.05, 3.63) is 52.4 Å². The molecular formula is C19H25BrN2O3. The number of ether oxygens (including phenoxy) is 1. The van der Waals surface area contributed by atoms with Crippen LogP contribution in [-0.2, 0) is 6.61 Å². The van der Waals surface area contributed by atoms with Crippen LogP contribution in [0.3, 0.4) is 0 Å². The molecular weight excluding hydrogens is 384 g/mol. The van der Waals surface area contributed by atoms with Crippen molar-refractivity contribution < 1.29 is 13.9 Å². The van der Waals surface area contributed by atoms with Crippen LogP contribution in [0.25, 0.3) is 0 Å². The maximum Gasteiger partial charge on any atom is 0.286 e. The summed E-state index contributed by atoms with van der Waals surface area (Å²) in [4.78, 5) is 14.4. The van der Waals surface area contributed by atoms with Crippen LogP contribution in [0, 0.1) is 0 Å². The number of carbonyl (C=O) groups is 1. The largest absolute Gasteiger partial charge is 0.486 e. The number of hydrogen-bond acceptors (Lipinski definition) is 4. The summed E-state index contributed by atoms with van der Waals surface area (Å²) < 4.78 is 12.2. The zero-order chi connectivity index (χ0) is 18.1. The minimum atomic E-state index is -0.186. The van der Waals surface area contributed by atoms with Gasteiger partial charge in [0, 0.05) is 11.0 Å². The van der Waals surface area contributed by atoms with Crippen LogP contribution >= 0.6 is 15.9 Å². The van der Waals surface area contributed by atoms with E-state index in [0.717, 1.165) is 36.3 Å². The summed E-state index contributed by atoms with van der Waals surface area (Å²) in [6, 6.07) is 11.0. The lowest BCUT2D eigenvalue weighted by Crippen LogP contribution is -2.29. The summed E-state index contributed by atoms with van der Waals surface area (Å²) in [5.74, 6) is 1.50. The Bertz CT molecular complexity index is 651. The Hall–Kier alpha value is -1.79. The molecule has 0 bridgehead atoms. The summed E-state index contributed by atoms with van der Waals surface area (Å²) in [5.41, 5.74) is 0. The first-order valence-corrected chi connectivity index (χ1v) is 9.39. The van der Waals surface area contributed by atoms with Crippen LogP contribution in [0.4, 0.5) is 0 Å². The molecule has 1 aromatic heterocycles. The SMILES string of the molecule is CCN(CC)CCCNC(=O)c1ccc(COc2ccc(Br)cc2)o1. The highest BCUT2D eigenvalue weighted by Crippen LogP contribution is 2.18. The molecule has 0 unspecified atom stereocenters. The summed E-state index contributed by atoms with van der Waals surface area (Å²) in [6.45, 7) is 8.26. The topological polar surface area (TPSA) is 54.7 Å². The fraction of sp³-hybridized carbons (Fsp3) is 0.421.